The second-order valence-corrected chi connectivity index (χ2v) is 8.16. The van der Waals surface area contributed by atoms with Crippen LogP contribution in [0.5, 0.6) is 5.75 Å². The average Bonchev–Trinajstić information content (AvgIpc) is 2.75. The molecule has 1 radical (unpaired) electrons. The van der Waals surface area contributed by atoms with Gasteiger partial charge in [0.25, 0.3) is 0 Å². The van der Waals surface area contributed by atoms with E-state index in [2.05, 4.69) is 80.6 Å². The van der Waals surface area contributed by atoms with Crippen molar-refractivity contribution in [3.63, 3.8) is 0 Å². The van der Waals surface area contributed by atoms with Crippen molar-refractivity contribution in [2.24, 2.45) is 0 Å². The van der Waals surface area contributed by atoms with Crippen LogP contribution in [0.1, 0.15) is 59.8 Å². The monoisotopic (exact) mass is 458 g/mol. The van der Waals surface area contributed by atoms with Gasteiger partial charge < -0.3 is 4.74 Å². The molecule has 2 heteroatoms. The molecular formula is C27H29OY-. The molecule has 0 aromatic heterocycles. The van der Waals surface area contributed by atoms with Gasteiger partial charge in [-0.2, -0.15) is 29.8 Å². The van der Waals surface area contributed by atoms with E-state index in [1.54, 1.807) is 7.11 Å². The van der Waals surface area contributed by atoms with E-state index in [1.807, 2.05) is 0 Å². The van der Waals surface area contributed by atoms with E-state index in [-0.39, 0.29) is 32.7 Å². The minimum Gasteiger partial charge on any atom is -0.497 e. The summed E-state index contributed by atoms with van der Waals surface area (Å²) in [5.41, 5.74) is 8.11. The first-order chi connectivity index (χ1) is 13.6. The molecule has 0 aliphatic heterocycles. The minimum atomic E-state index is 0. The number of hydrogen-bond donors (Lipinski definition) is 0. The van der Waals surface area contributed by atoms with Gasteiger partial charge in [0.15, 0.2) is 0 Å². The maximum atomic E-state index is 5.29. The van der Waals surface area contributed by atoms with Crippen LogP contribution in [0.4, 0.5) is 0 Å². The van der Waals surface area contributed by atoms with Gasteiger partial charge >= 0.3 is 0 Å². The maximum Gasteiger partial charge on any atom is 0.118 e. The van der Waals surface area contributed by atoms with Gasteiger partial charge in [-0.1, -0.05) is 48.4 Å². The summed E-state index contributed by atoms with van der Waals surface area (Å²) in [6.45, 7) is 4.32. The van der Waals surface area contributed by atoms with Crippen molar-refractivity contribution in [2.45, 2.75) is 51.4 Å². The van der Waals surface area contributed by atoms with Gasteiger partial charge in [0.2, 0.25) is 0 Å². The number of methoxy groups -OCH3 is 1. The molecule has 29 heavy (non-hydrogen) atoms. The summed E-state index contributed by atoms with van der Waals surface area (Å²) in [5.74, 6) is 2.32. The fourth-order valence-electron chi connectivity index (χ4n) is 4.57. The van der Waals surface area contributed by atoms with E-state index in [0.717, 1.165) is 5.75 Å². The normalized spacial score (nSPS) is 18.7. The van der Waals surface area contributed by atoms with Gasteiger partial charge in [-0.3, -0.25) is 0 Å². The van der Waals surface area contributed by atoms with Crippen LogP contribution in [0.15, 0.2) is 60.7 Å². The van der Waals surface area contributed by atoms with Crippen molar-refractivity contribution in [2.75, 3.05) is 7.11 Å². The zero-order valence-corrected chi connectivity index (χ0v) is 20.6. The number of ether oxygens (including phenoxy) is 1. The van der Waals surface area contributed by atoms with E-state index in [9.17, 15) is 0 Å². The Morgan fingerprint density at radius 2 is 1.41 bits per heavy atom. The summed E-state index contributed by atoms with van der Waals surface area (Å²) in [6, 6.07) is 25.5. The average molecular weight is 458 g/mol. The molecule has 3 aromatic rings. The Hall–Kier alpha value is -1.44. The van der Waals surface area contributed by atoms with Gasteiger partial charge in [0.05, 0.1) is 7.11 Å². The predicted molar refractivity (Wildman–Crippen MR) is 117 cm³/mol. The van der Waals surface area contributed by atoms with Gasteiger partial charge in [-0.05, 0) is 67.7 Å². The molecular weight excluding hydrogens is 429 g/mol. The Bertz CT molecular complexity index is 920. The van der Waals surface area contributed by atoms with Crippen LogP contribution in [0, 0.1) is 19.9 Å². The summed E-state index contributed by atoms with van der Waals surface area (Å²) >= 11 is 0. The molecule has 0 unspecified atom stereocenters. The van der Waals surface area contributed by atoms with Crippen molar-refractivity contribution >= 4 is 0 Å². The number of benzene rings is 3. The molecule has 0 atom stereocenters. The standard InChI is InChI=1S/C27H29O.Y/c1-19-4-6-24(7-5-19)27-17-14-25(18-20(27)2)23-10-8-21(9-11-23)22-12-15-26(28-3)16-13-22;/h4,6-7,12-18,21,23H,8-11H2,1-3H3;/q-1;. The van der Waals surface area contributed by atoms with Crippen molar-refractivity contribution in [3.05, 3.63) is 89.0 Å². The molecule has 1 saturated carbocycles. The zero-order valence-electron chi connectivity index (χ0n) is 17.7. The number of hydrogen-bond acceptors (Lipinski definition) is 1. The second kappa shape index (κ2) is 10.0. The topological polar surface area (TPSA) is 9.23 Å². The maximum absolute atomic E-state index is 5.29. The Morgan fingerprint density at radius 1 is 0.793 bits per heavy atom. The van der Waals surface area contributed by atoms with Crippen molar-refractivity contribution < 1.29 is 37.4 Å². The van der Waals surface area contributed by atoms with Crippen molar-refractivity contribution in [3.8, 4) is 16.9 Å². The molecule has 3 aromatic carbocycles. The summed E-state index contributed by atoms with van der Waals surface area (Å²) in [7, 11) is 1.73. The first kappa shape index (κ1) is 22.3. The zero-order chi connectivity index (χ0) is 19.5. The first-order valence-corrected chi connectivity index (χ1v) is 10.4. The van der Waals surface area contributed by atoms with Gasteiger partial charge in [-0.15, -0.1) is 5.56 Å². The van der Waals surface area contributed by atoms with Crippen LogP contribution in [-0.2, 0) is 32.7 Å². The molecule has 1 aliphatic carbocycles. The van der Waals surface area contributed by atoms with E-state index in [1.165, 1.54) is 59.1 Å². The molecule has 0 bridgehead atoms. The SMILES string of the molecule is COc1ccc(C2CCC(c3ccc(-c4c[c-]c(C)cc4)c(C)c3)CC2)cc1.[Y]. The molecule has 0 amide bonds. The summed E-state index contributed by atoms with van der Waals surface area (Å²) in [6.07, 6.45) is 5.08. The summed E-state index contributed by atoms with van der Waals surface area (Å²) < 4.78 is 5.29. The molecule has 1 aliphatic rings. The third kappa shape index (κ3) is 5.19. The van der Waals surface area contributed by atoms with E-state index >= 15 is 0 Å². The number of rotatable bonds is 4. The Labute approximate surface area is 200 Å². The van der Waals surface area contributed by atoms with E-state index in [4.69, 9.17) is 4.74 Å². The largest absolute Gasteiger partial charge is 0.497 e. The van der Waals surface area contributed by atoms with Crippen LogP contribution < -0.4 is 4.74 Å². The van der Waals surface area contributed by atoms with Crippen LogP contribution in [-0.4, -0.2) is 7.11 Å². The molecule has 147 valence electrons. The summed E-state index contributed by atoms with van der Waals surface area (Å²) in [5, 5.41) is 0. The van der Waals surface area contributed by atoms with Gasteiger partial charge in [0, 0.05) is 32.7 Å². The third-order valence-corrected chi connectivity index (χ3v) is 6.32. The van der Waals surface area contributed by atoms with Gasteiger partial charge in [0.1, 0.15) is 5.75 Å². The fourth-order valence-corrected chi connectivity index (χ4v) is 4.57. The molecule has 4 rings (SSSR count). The fraction of sp³-hybridized carbons (Fsp3) is 0.333. The molecule has 0 heterocycles. The first-order valence-electron chi connectivity index (χ1n) is 10.4. The molecule has 0 spiro atoms. The summed E-state index contributed by atoms with van der Waals surface area (Å²) in [4.78, 5) is 0. The quantitative estimate of drug-likeness (QED) is 0.375. The van der Waals surface area contributed by atoms with Crippen molar-refractivity contribution in [1.82, 2.24) is 0 Å². The third-order valence-electron chi connectivity index (χ3n) is 6.32. The van der Waals surface area contributed by atoms with Crippen molar-refractivity contribution in [1.29, 1.82) is 0 Å². The molecule has 1 nitrogen and oxygen atoms in total. The van der Waals surface area contributed by atoms with E-state index in [0.29, 0.717) is 11.8 Å². The van der Waals surface area contributed by atoms with Gasteiger partial charge in [-0.25, -0.2) is 0 Å². The minimum absolute atomic E-state index is 0. The van der Waals surface area contributed by atoms with Crippen LogP contribution >= 0.6 is 0 Å². The van der Waals surface area contributed by atoms with Crippen LogP contribution in [0.3, 0.4) is 0 Å². The Morgan fingerprint density at radius 3 is 1.97 bits per heavy atom. The second-order valence-electron chi connectivity index (χ2n) is 8.16. The Balaban J connectivity index is 0.00000240. The number of aryl methyl sites for hydroxylation is 2. The van der Waals surface area contributed by atoms with Crippen LogP contribution in [0.25, 0.3) is 11.1 Å². The van der Waals surface area contributed by atoms with Crippen LogP contribution in [0.2, 0.25) is 0 Å². The smallest absolute Gasteiger partial charge is 0.118 e. The molecule has 1 fully saturated rings. The molecule has 0 saturated heterocycles. The Kier molecular flexibility index (Phi) is 7.71. The molecule has 0 N–H and O–H groups in total. The predicted octanol–water partition coefficient (Wildman–Crippen LogP) is 7.22. The van der Waals surface area contributed by atoms with E-state index < -0.39 is 0 Å².